The number of hydrogen-bond donors (Lipinski definition) is 1. The van der Waals surface area contributed by atoms with E-state index in [1.165, 1.54) is 11.1 Å². The zero-order chi connectivity index (χ0) is 18.7. The van der Waals surface area contributed by atoms with Crippen molar-refractivity contribution in [2.45, 2.75) is 58.8 Å². The van der Waals surface area contributed by atoms with E-state index in [1.807, 2.05) is 0 Å². The molecule has 0 amide bonds. The van der Waals surface area contributed by atoms with E-state index in [0.717, 1.165) is 36.1 Å². The summed E-state index contributed by atoms with van der Waals surface area (Å²) < 4.78 is 5.18. The Morgan fingerprint density at radius 1 is 1.15 bits per heavy atom. The van der Waals surface area contributed by atoms with Gasteiger partial charge in [-0.1, -0.05) is 44.5 Å². The van der Waals surface area contributed by atoms with Crippen LogP contribution >= 0.6 is 0 Å². The van der Waals surface area contributed by atoms with E-state index in [2.05, 4.69) is 43.1 Å². The molecule has 0 radical (unpaired) electrons. The molecule has 1 aliphatic carbocycles. The van der Waals surface area contributed by atoms with Crippen molar-refractivity contribution in [2.75, 3.05) is 6.61 Å². The van der Waals surface area contributed by atoms with Crippen LogP contribution in [-0.2, 0) is 24.0 Å². The van der Waals surface area contributed by atoms with Gasteiger partial charge < -0.3 is 9.72 Å². The second-order valence-corrected chi connectivity index (χ2v) is 6.93. The van der Waals surface area contributed by atoms with E-state index < -0.39 is 0 Å². The average molecular weight is 353 g/mol. The Bertz CT molecular complexity index is 802. The van der Waals surface area contributed by atoms with Gasteiger partial charge in [0.25, 0.3) is 0 Å². The number of benzene rings is 1. The number of esters is 1. The fraction of sp³-hybridized carbons (Fsp3) is 0.455. The topological polar surface area (TPSA) is 59.2 Å². The van der Waals surface area contributed by atoms with Crippen molar-refractivity contribution in [3.63, 3.8) is 0 Å². The molecule has 138 valence electrons. The van der Waals surface area contributed by atoms with E-state index >= 15 is 0 Å². The summed E-state index contributed by atoms with van der Waals surface area (Å²) in [7, 11) is 0. The number of aromatic nitrogens is 1. The van der Waals surface area contributed by atoms with Gasteiger partial charge in [-0.2, -0.15) is 0 Å². The molecule has 1 aromatic carbocycles. The summed E-state index contributed by atoms with van der Waals surface area (Å²) >= 11 is 0. The molecule has 1 atom stereocenters. The van der Waals surface area contributed by atoms with Crippen LogP contribution in [0.25, 0.3) is 0 Å². The van der Waals surface area contributed by atoms with Crippen molar-refractivity contribution in [1.82, 2.24) is 4.98 Å². The standard InChI is InChI=1S/C22H27NO3/c1-4-7-17-20-18(23-21(17)22(25)26-6-3)12-16(13-19(20)24)15-10-8-14(5-2)9-11-15/h8-11,16,23H,4-7,12-13H2,1-3H3/t16-/m0/s1. The first-order valence-corrected chi connectivity index (χ1v) is 9.61. The molecule has 0 fully saturated rings. The molecule has 26 heavy (non-hydrogen) atoms. The summed E-state index contributed by atoms with van der Waals surface area (Å²) in [4.78, 5) is 28.5. The van der Waals surface area contributed by atoms with Crippen molar-refractivity contribution >= 4 is 11.8 Å². The number of hydrogen-bond acceptors (Lipinski definition) is 3. The molecule has 0 bridgehead atoms. The molecule has 0 saturated carbocycles. The maximum atomic E-state index is 12.9. The van der Waals surface area contributed by atoms with Gasteiger partial charge in [0.15, 0.2) is 5.78 Å². The van der Waals surface area contributed by atoms with Gasteiger partial charge >= 0.3 is 5.97 Å². The first-order chi connectivity index (χ1) is 12.6. The second-order valence-electron chi connectivity index (χ2n) is 6.93. The van der Waals surface area contributed by atoms with E-state index in [9.17, 15) is 9.59 Å². The third-order valence-corrected chi connectivity index (χ3v) is 5.18. The second kappa shape index (κ2) is 7.90. The lowest BCUT2D eigenvalue weighted by molar-refractivity contribution is 0.0518. The zero-order valence-electron chi connectivity index (χ0n) is 15.9. The monoisotopic (exact) mass is 353 g/mol. The predicted molar refractivity (Wildman–Crippen MR) is 102 cm³/mol. The van der Waals surface area contributed by atoms with Gasteiger partial charge in [0.05, 0.1) is 6.61 Å². The number of aryl methyl sites for hydroxylation is 1. The Labute approximate surface area is 155 Å². The number of ether oxygens (including phenoxy) is 1. The van der Waals surface area contributed by atoms with Gasteiger partial charge in [-0.15, -0.1) is 0 Å². The van der Waals surface area contributed by atoms with Crippen molar-refractivity contribution in [3.8, 4) is 0 Å². The lowest BCUT2D eigenvalue weighted by Crippen LogP contribution is -2.19. The summed E-state index contributed by atoms with van der Waals surface area (Å²) in [6, 6.07) is 8.53. The summed E-state index contributed by atoms with van der Waals surface area (Å²) in [6.45, 7) is 6.31. The highest BCUT2D eigenvalue weighted by Crippen LogP contribution is 2.36. The minimum atomic E-state index is -0.359. The number of Topliss-reactive ketones (excluding diaryl/α,β-unsaturated/α-hetero) is 1. The highest BCUT2D eigenvalue weighted by atomic mass is 16.5. The van der Waals surface area contributed by atoms with Crippen molar-refractivity contribution < 1.29 is 14.3 Å². The van der Waals surface area contributed by atoms with Crippen LogP contribution in [0.1, 0.15) is 82.8 Å². The summed E-state index contributed by atoms with van der Waals surface area (Å²) in [5.74, 6) is -0.0721. The first kappa shape index (κ1) is 18.4. The number of nitrogens with one attached hydrogen (secondary N) is 1. The Balaban J connectivity index is 1.95. The van der Waals surface area contributed by atoms with E-state index in [1.54, 1.807) is 6.92 Å². The third-order valence-electron chi connectivity index (χ3n) is 5.18. The number of ketones is 1. The van der Waals surface area contributed by atoms with Crippen LogP contribution in [0, 0.1) is 0 Å². The van der Waals surface area contributed by atoms with Crippen LogP contribution in [0.4, 0.5) is 0 Å². The average Bonchev–Trinajstić information content (AvgIpc) is 3.01. The molecule has 1 aromatic heterocycles. The summed E-state index contributed by atoms with van der Waals surface area (Å²) in [5.41, 5.74) is 5.41. The highest BCUT2D eigenvalue weighted by molar-refractivity contribution is 6.03. The lowest BCUT2D eigenvalue weighted by Gasteiger charge is -2.22. The predicted octanol–water partition coefficient (Wildman–Crippen LogP) is 4.62. The minimum Gasteiger partial charge on any atom is -0.461 e. The number of carbonyl (C=O) groups is 2. The van der Waals surface area contributed by atoms with Gasteiger partial charge in [0.2, 0.25) is 0 Å². The molecular formula is C22H27NO3. The molecule has 2 aromatic rings. The molecule has 1 aliphatic rings. The Hall–Kier alpha value is -2.36. The van der Waals surface area contributed by atoms with Crippen LogP contribution in [0.5, 0.6) is 0 Å². The molecule has 1 heterocycles. The van der Waals surface area contributed by atoms with Gasteiger partial charge in [-0.3, -0.25) is 4.79 Å². The summed E-state index contributed by atoms with van der Waals surface area (Å²) in [6.07, 6.45) is 3.85. The highest BCUT2D eigenvalue weighted by Gasteiger charge is 2.33. The molecule has 0 spiro atoms. The normalized spacial score (nSPS) is 16.4. The van der Waals surface area contributed by atoms with Crippen LogP contribution in [-0.4, -0.2) is 23.3 Å². The van der Waals surface area contributed by atoms with Gasteiger partial charge in [-0.05, 0) is 48.8 Å². The van der Waals surface area contributed by atoms with E-state index in [0.29, 0.717) is 25.1 Å². The molecule has 0 saturated heterocycles. The van der Waals surface area contributed by atoms with Crippen LogP contribution in [0.2, 0.25) is 0 Å². The SMILES string of the molecule is CCCc1c(C(=O)OCC)[nH]c2c1C(=O)C[C@@H](c1ccc(CC)cc1)C2. The quantitative estimate of drug-likeness (QED) is 0.771. The Kier molecular flexibility index (Phi) is 5.60. The van der Waals surface area contributed by atoms with Crippen LogP contribution < -0.4 is 0 Å². The van der Waals surface area contributed by atoms with E-state index in [-0.39, 0.29) is 17.7 Å². The molecule has 3 rings (SSSR count). The van der Waals surface area contributed by atoms with Gasteiger partial charge in [0, 0.05) is 17.7 Å². The number of rotatable bonds is 6. The first-order valence-electron chi connectivity index (χ1n) is 9.61. The molecule has 0 aliphatic heterocycles. The van der Waals surface area contributed by atoms with Gasteiger partial charge in [-0.25, -0.2) is 4.79 Å². The smallest absolute Gasteiger partial charge is 0.355 e. The van der Waals surface area contributed by atoms with Gasteiger partial charge in [0.1, 0.15) is 5.69 Å². The molecular weight excluding hydrogens is 326 g/mol. The molecule has 0 unspecified atom stereocenters. The number of H-pyrrole nitrogens is 1. The largest absolute Gasteiger partial charge is 0.461 e. The van der Waals surface area contributed by atoms with E-state index in [4.69, 9.17) is 4.74 Å². The Morgan fingerprint density at radius 3 is 2.50 bits per heavy atom. The fourth-order valence-electron chi connectivity index (χ4n) is 3.87. The molecule has 1 N–H and O–H groups in total. The lowest BCUT2D eigenvalue weighted by atomic mass is 9.80. The number of carbonyl (C=O) groups excluding carboxylic acids is 2. The fourth-order valence-corrected chi connectivity index (χ4v) is 3.87. The van der Waals surface area contributed by atoms with Crippen LogP contribution in [0.3, 0.4) is 0 Å². The molecule has 4 nitrogen and oxygen atoms in total. The van der Waals surface area contributed by atoms with Crippen molar-refractivity contribution in [2.24, 2.45) is 0 Å². The maximum absolute atomic E-state index is 12.9. The Morgan fingerprint density at radius 2 is 1.88 bits per heavy atom. The maximum Gasteiger partial charge on any atom is 0.355 e. The van der Waals surface area contributed by atoms with Crippen molar-refractivity contribution in [3.05, 3.63) is 57.9 Å². The minimum absolute atomic E-state index is 0.131. The number of aromatic amines is 1. The zero-order valence-corrected chi connectivity index (χ0v) is 15.9. The molecule has 4 heteroatoms. The third kappa shape index (κ3) is 3.46. The summed E-state index contributed by atoms with van der Waals surface area (Å²) in [5, 5.41) is 0. The number of fused-ring (bicyclic) bond motifs is 1. The van der Waals surface area contributed by atoms with Crippen LogP contribution in [0.15, 0.2) is 24.3 Å². The van der Waals surface area contributed by atoms with Crippen molar-refractivity contribution in [1.29, 1.82) is 0 Å².